The predicted octanol–water partition coefficient (Wildman–Crippen LogP) is 4.24. The second-order valence-corrected chi connectivity index (χ2v) is 7.65. The number of carbonyl (C=O) groups is 1. The van der Waals surface area contributed by atoms with E-state index in [0.717, 1.165) is 22.6 Å². The second kappa shape index (κ2) is 10.2. The molecule has 0 aliphatic rings. The van der Waals surface area contributed by atoms with Crippen molar-refractivity contribution in [2.24, 2.45) is 0 Å². The number of nitrogens with zero attached hydrogens (tertiary/aromatic N) is 2. The van der Waals surface area contributed by atoms with Crippen LogP contribution in [0.2, 0.25) is 0 Å². The van der Waals surface area contributed by atoms with Crippen molar-refractivity contribution in [2.45, 2.75) is 19.5 Å². The van der Waals surface area contributed by atoms with Crippen molar-refractivity contribution < 1.29 is 23.8 Å². The van der Waals surface area contributed by atoms with Crippen molar-refractivity contribution >= 4 is 17.3 Å². The summed E-state index contributed by atoms with van der Waals surface area (Å²) in [6.45, 7) is 1.80. The molecular weight excluding hydrogens is 407 g/mol. The molecule has 6 nitrogen and oxygen atoms in total. The van der Waals surface area contributed by atoms with Crippen molar-refractivity contribution in [3.05, 3.63) is 75.5 Å². The molecule has 0 fully saturated rings. The van der Waals surface area contributed by atoms with E-state index in [2.05, 4.69) is 9.88 Å². The highest BCUT2D eigenvalue weighted by atomic mass is 32.1. The van der Waals surface area contributed by atoms with Crippen LogP contribution in [-0.2, 0) is 19.5 Å². The Bertz CT molecular complexity index is 991. The van der Waals surface area contributed by atoms with E-state index in [1.165, 1.54) is 23.5 Å². The summed E-state index contributed by atoms with van der Waals surface area (Å²) in [5.74, 6) is 0.0362. The molecule has 158 valence electrons. The summed E-state index contributed by atoms with van der Waals surface area (Å²) < 4.78 is 23.9. The Morgan fingerprint density at radius 1 is 1.07 bits per heavy atom. The molecule has 0 saturated heterocycles. The van der Waals surface area contributed by atoms with Crippen LogP contribution in [0.4, 0.5) is 4.39 Å². The number of halogens is 1. The molecule has 1 aromatic heterocycles. The summed E-state index contributed by atoms with van der Waals surface area (Å²) in [6.07, 6.45) is 0.749. The Labute approximate surface area is 178 Å². The van der Waals surface area contributed by atoms with Crippen LogP contribution in [-0.4, -0.2) is 41.7 Å². The van der Waals surface area contributed by atoms with E-state index < -0.39 is 5.97 Å². The number of ether oxygens (including phenoxy) is 2. The molecule has 1 N–H and O–H groups in total. The van der Waals surface area contributed by atoms with Gasteiger partial charge in [-0.3, -0.25) is 4.90 Å². The van der Waals surface area contributed by atoms with Crippen molar-refractivity contribution in [2.75, 3.05) is 20.8 Å². The lowest BCUT2D eigenvalue weighted by Crippen LogP contribution is -2.25. The lowest BCUT2D eigenvalue weighted by Gasteiger charge is -2.22. The maximum atomic E-state index is 13.3. The normalized spacial score (nSPS) is 10.9. The number of rotatable bonds is 10. The number of carboxylic acids is 1. The van der Waals surface area contributed by atoms with Gasteiger partial charge in [0.1, 0.15) is 10.8 Å². The van der Waals surface area contributed by atoms with Gasteiger partial charge < -0.3 is 14.6 Å². The van der Waals surface area contributed by atoms with Gasteiger partial charge >= 0.3 is 5.97 Å². The van der Waals surface area contributed by atoms with Crippen LogP contribution in [0.5, 0.6) is 11.5 Å². The van der Waals surface area contributed by atoms with Crippen LogP contribution in [0.1, 0.15) is 26.6 Å². The van der Waals surface area contributed by atoms with Gasteiger partial charge in [-0.15, -0.1) is 11.3 Å². The van der Waals surface area contributed by atoms with E-state index in [0.29, 0.717) is 31.1 Å². The number of hydrogen-bond acceptors (Lipinski definition) is 6. The van der Waals surface area contributed by atoms with Gasteiger partial charge in [0.15, 0.2) is 17.2 Å². The number of methoxy groups -OCH3 is 2. The lowest BCUT2D eigenvalue weighted by molar-refractivity contribution is 0.0691. The minimum atomic E-state index is -1.03. The van der Waals surface area contributed by atoms with Crippen molar-refractivity contribution in [1.82, 2.24) is 9.88 Å². The molecule has 1 heterocycles. The number of aromatic carboxylic acids is 1. The lowest BCUT2D eigenvalue weighted by atomic mass is 10.1. The fraction of sp³-hybridized carbons (Fsp3) is 0.273. The van der Waals surface area contributed by atoms with Crippen molar-refractivity contribution in [3.63, 3.8) is 0 Å². The van der Waals surface area contributed by atoms with Crippen LogP contribution in [0, 0.1) is 5.82 Å². The number of carboxylic acid groups (broad SMARTS) is 1. The van der Waals surface area contributed by atoms with E-state index in [-0.39, 0.29) is 11.5 Å². The van der Waals surface area contributed by atoms with Crippen LogP contribution >= 0.6 is 11.3 Å². The zero-order valence-corrected chi connectivity index (χ0v) is 17.6. The van der Waals surface area contributed by atoms with Gasteiger partial charge in [0, 0.05) is 18.5 Å². The zero-order chi connectivity index (χ0) is 21.5. The quantitative estimate of drug-likeness (QED) is 0.519. The standard InChI is InChI=1S/C22H23FN2O4S/c1-28-19-8-5-15(11-20(19)29-2)9-10-25(12-16-3-6-17(23)7-4-16)13-21-24-18(14-30-21)22(26)27/h3-8,11,14H,9-10,12-13H2,1-2H3,(H,26,27). The average Bonchev–Trinajstić information content (AvgIpc) is 3.22. The van der Waals surface area contributed by atoms with E-state index in [1.807, 2.05) is 18.2 Å². The first kappa shape index (κ1) is 21.7. The van der Waals surface area contributed by atoms with Gasteiger partial charge in [-0.05, 0) is 41.8 Å². The summed E-state index contributed by atoms with van der Waals surface area (Å²) in [5, 5.41) is 11.4. The van der Waals surface area contributed by atoms with Crippen molar-refractivity contribution in [3.8, 4) is 11.5 Å². The molecule has 0 radical (unpaired) electrons. The maximum Gasteiger partial charge on any atom is 0.355 e. The number of benzene rings is 2. The van der Waals surface area contributed by atoms with Crippen LogP contribution in [0.25, 0.3) is 0 Å². The third kappa shape index (κ3) is 5.77. The van der Waals surface area contributed by atoms with Gasteiger partial charge in [0.25, 0.3) is 0 Å². The highest BCUT2D eigenvalue weighted by Crippen LogP contribution is 2.28. The minimum absolute atomic E-state index is 0.0524. The number of thiazole rings is 1. The van der Waals surface area contributed by atoms with Crippen LogP contribution in [0.15, 0.2) is 47.8 Å². The van der Waals surface area contributed by atoms with Crippen LogP contribution in [0.3, 0.4) is 0 Å². The number of hydrogen-bond donors (Lipinski definition) is 1. The van der Waals surface area contributed by atoms with E-state index >= 15 is 0 Å². The minimum Gasteiger partial charge on any atom is -0.493 e. The smallest absolute Gasteiger partial charge is 0.355 e. The molecule has 0 unspecified atom stereocenters. The third-order valence-corrected chi connectivity index (χ3v) is 5.45. The Morgan fingerprint density at radius 2 is 1.77 bits per heavy atom. The Hall–Kier alpha value is -2.97. The molecular formula is C22H23FN2O4S. The fourth-order valence-electron chi connectivity index (χ4n) is 3.06. The van der Waals surface area contributed by atoms with Gasteiger partial charge in [-0.1, -0.05) is 18.2 Å². The summed E-state index contributed by atoms with van der Waals surface area (Å²) in [6, 6.07) is 12.2. The molecule has 0 saturated carbocycles. The predicted molar refractivity (Wildman–Crippen MR) is 113 cm³/mol. The molecule has 8 heteroatoms. The average molecular weight is 431 g/mol. The molecule has 0 spiro atoms. The monoisotopic (exact) mass is 430 g/mol. The van der Waals surface area contributed by atoms with Gasteiger partial charge in [-0.25, -0.2) is 14.2 Å². The molecule has 0 atom stereocenters. The van der Waals surface area contributed by atoms with Gasteiger partial charge in [-0.2, -0.15) is 0 Å². The third-order valence-electron chi connectivity index (χ3n) is 4.61. The maximum absolute atomic E-state index is 13.3. The highest BCUT2D eigenvalue weighted by molar-refractivity contribution is 7.09. The van der Waals surface area contributed by atoms with E-state index in [1.54, 1.807) is 31.7 Å². The van der Waals surface area contributed by atoms with Crippen LogP contribution < -0.4 is 9.47 Å². The molecule has 0 bridgehead atoms. The fourth-order valence-corrected chi connectivity index (χ4v) is 3.87. The SMILES string of the molecule is COc1ccc(CCN(Cc2ccc(F)cc2)Cc2nc(C(=O)O)cs2)cc1OC. The van der Waals surface area contributed by atoms with E-state index in [9.17, 15) is 9.18 Å². The first-order chi connectivity index (χ1) is 14.5. The summed E-state index contributed by atoms with van der Waals surface area (Å²) in [5.41, 5.74) is 2.11. The first-order valence-corrected chi connectivity index (χ1v) is 10.2. The number of aromatic nitrogens is 1. The van der Waals surface area contributed by atoms with Gasteiger partial charge in [0.2, 0.25) is 0 Å². The summed E-state index contributed by atoms with van der Waals surface area (Å²) in [7, 11) is 3.20. The van der Waals surface area contributed by atoms with E-state index in [4.69, 9.17) is 14.6 Å². The summed E-state index contributed by atoms with van der Waals surface area (Å²) >= 11 is 1.32. The molecule has 3 aromatic rings. The zero-order valence-electron chi connectivity index (χ0n) is 16.8. The Kier molecular flexibility index (Phi) is 7.37. The second-order valence-electron chi connectivity index (χ2n) is 6.71. The first-order valence-electron chi connectivity index (χ1n) is 9.34. The molecule has 0 amide bonds. The van der Waals surface area contributed by atoms with Crippen molar-refractivity contribution in [1.29, 1.82) is 0 Å². The molecule has 3 rings (SSSR count). The Balaban J connectivity index is 1.74. The van der Waals surface area contributed by atoms with Gasteiger partial charge in [0.05, 0.1) is 20.8 Å². The Morgan fingerprint density at radius 3 is 2.40 bits per heavy atom. The molecule has 0 aliphatic heterocycles. The topological polar surface area (TPSA) is 71.9 Å². The molecule has 0 aliphatic carbocycles. The summed E-state index contributed by atoms with van der Waals surface area (Å²) in [4.78, 5) is 17.5. The molecule has 30 heavy (non-hydrogen) atoms. The largest absolute Gasteiger partial charge is 0.493 e. The molecule has 2 aromatic carbocycles. The highest BCUT2D eigenvalue weighted by Gasteiger charge is 2.14.